The van der Waals surface area contributed by atoms with Crippen LogP contribution in [-0.4, -0.2) is 57.7 Å². The maximum absolute atomic E-state index is 13.0. The van der Waals surface area contributed by atoms with Gasteiger partial charge in [-0.1, -0.05) is 5.16 Å². The SMILES string of the molecule is CO/N=C(\C(=O)N[C@@H]1C(=O)N2C(C(=O)[O-])=C(C[n+]3cccc4c3CCC4)CSC12)c1csc(N)n1. The number of β-lactam (4-membered cyclic amide) rings is 1. The van der Waals surface area contributed by atoms with E-state index in [4.69, 9.17) is 10.6 Å². The summed E-state index contributed by atoms with van der Waals surface area (Å²) in [6.45, 7) is 0.364. The molecule has 3 aliphatic rings. The fourth-order valence-corrected chi connectivity index (χ4v) is 6.54. The number of carbonyl (C=O) groups excluding carboxylic acids is 3. The van der Waals surface area contributed by atoms with E-state index in [0.29, 0.717) is 17.9 Å². The summed E-state index contributed by atoms with van der Waals surface area (Å²) < 4.78 is 2.05. The molecule has 13 heteroatoms. The van der Waals surface area contributed by atoms with Crippen LogP contribution in [0.15, 0.2) is 40.1 Å². The summed E-state index contributed by atoms with van der Waals surface area (Å²) in [6, 6.07) is 3.12. The predicted molar refractivity (Wildman–Crippen MR) is 126 cm³/mol. The summed E-state index contributed by atoms with van der Waals surface area (Å²) in [5.74, 6) is -2.21. The van der Waals surface area contributed by atoms with E-state index in [1.54, 1.807) is 5.38 Å². The monoisotopic (exact) mass is 514 g/mol. The highest BCUT2D eigenvalue weighted by molar-refractivity contribution is 8.00. The Labute approximate surface area is 208 Å². The van der Waals surface area contributed by atoms with Gasteiger partial charge in [-0.3, -0.25) is 14.5 Å². The second kappa shape index (κ2) is 9.30. The van der Waals surface area contributed by atoms with Gasteiger partial charge in [0.25, 0.3) is 11.8 Å². The number of anilines is 1. The molecule has 5 rings (SSSR count). The summed E-state index contributed by atoms with van der Waals surface area (Å²) >= 11 is 2.53. The molecule has 4 heterocycles. The first-order chi connectivity index (χ1) is 16.9. The van der Waals surface area contributed by atoms with Crippen molar-refractivity contribution in [2.75, 3.05) is 18.6 Å². The number of carbonyl (C=O) groups is 3. The van der Waals surface area contributed by atoms with Gasteiger partial charge < -0.3 is 25.8 Å². The fraction of sp³-hybridized carbons (Fsp3) is 0.364. The molecule has 2 aromatic heterocycles. The minimum absolute atomic E-state index is 0.120. The van der Waals surface area contributed by atoms with Gasteiger partial charge in [-0.2, -0.15) is 4.57 Å². The number of carboxylic acid groups (broad SMARTS) is 1. The number of carboxylic acids is 1. The van der Waals surface area contributed by atoms with Gasteiger partial charge in [-0.15, -0.1) is 23.1 Å². The zero-order valence-corrected chi connectivity index (χ0v) is 20.4. The molecule has 3 N–H and O–H groups in total. The van der Waals surface area contributed by atoms with Gasteiger partial charge in [0, 0.05) is 34.8 Å². The van der Waals surface area contributed by atoms with Crippen LogP contribution < -0.4 is 20.7 Å². The number of thiazole rings is 1. The number of nitrogens with one attached hydrogen (secondary N) is 1. The first kappa shape index (κ1) is 23.3. The van der Waals surface area contributed by atoms with Gasteiger partial charge in [-0.25, -0.2) is 4.98 Å². The molecule has 0 saturated carbocycles. The van der Waals surface area contributed by atoms with Crippen LogP contribution in [0.1, 0.15) is 23.4 Å². The number of hydrogen-bond acceptors (Lipinski definition) is 10. The van der Waals surface area contributed by atoms with Crippen molar-refractivity contribution in [3.63, 3.8) is 0 Å². The van der Waals surface area contributed by atoms with E-state index in [9.17, 15) is 19.5 Å². The summed E-state index contributed by atoms with van der Waals surface area (Å²) in [5.41, 5.74) is 8.69. The van der Waals surface area contributed by atoms with E-state index in [2.05, 4.69) is 26.1 Å². The van der Waals surface area contributed by atoms with Crippen molar-refractivity contribution in [3.05, 3.63) is 51.9 Å². The summed E-state index contributed by atoms with van der Waals surface area (Å²) in [5, 5.41) is 19.7. The van der Waals surface area contributed by atoms with Crippen molar-refractivity contribution >= 4 is 51.7 Å². The first-order valence-corrected chi connectivity index (χ1v) is 12.8. The Kier molecular flexibility index (Phi) is 6.19. The summed E-state index contributed by atoms with van der Waals surface area (Å²) in [4.78, 5) is 48.0. The molecule has 0 spiro atoms. The van der Waals surface area contributed by atoms with E-state index in [-0.39, 0.29) is 22.2 Å². The van der Waals surface area contributed by atoms with Crippen LogP contribution in [0.25, 0.3) is 0 Å². The van der Waals surface area contributed by atoms with E-state index in [1.807, 2.05) is 12.3 Å². The average Bonchev–Trinajstić information content (AvgIpc) is 3.49. The molecule has 11 nitrogen and oxygen atoms in total. The smallest absolute Gasteiger partial charge is 0.276 e. The molecule has 2 amide bonds. The van der Waals surface area contributed by atoms with Gasteiger partial charge in [0.1, 0.15) is 24.2 Å². The number of fused-ring (bicyclic) bond motifs is 2. The Bertz CT molecular complexity index is 1290. The molecular formula is C22H22N6O5S2. The molecule has 1 saturated heterocycles. The van der Waals surface area contributed by atoms with Crippen LogP contribution >= 0.6 is 23.1 Å². The number of nitrogens with two attached hydrogens (primary N) is 1. The number of thioether (sulfide) groups is 1. The molecule has 1 fully saturated rings. The third-order valence-electron chi connectivity index (χ3n) is 6.19. The molecule has 2 aromatic rings. The molecule has 2 aliphatic heterocycles. The van der Waals surface area contributed by atoms with Crippen molar-refractivity contribution in [1.82, 2.24) is 15.2 Å². The molecule has 1 unspecified atom stereocenters. The lowest BCUT2D eigenvalue weighted by atomic mass is 10.0. The summed E-state index contributed by atoms with van der Waals surface area (Å²) in [6.07, 6.45) is 4.94. The number of oxime groups is 1. The molecule has 0 bridgehead atoms. The lowest BCUT2D eigenvalue weighted by Gasteiger charge is -2.50. The number of aromatic nitrogens is 2. The Balaban J connectivity index is 1.36. The Morgan fingerprint density at radius 3 is 2.97 bits per heavy atom. The Morgan fingerprint density at radius 2 is 2.26 bits per heavy atom. The number of rotatable bonds is 7. The quantitative estimate of drug-likeness (QED) is 0.206. The van der Waals surface area contributed by atoms with Crippen LogP contribution in [0, 0.1) is 0 Å². The highest BCUT2D eigenvalue weighted by Crippen LogP contribution is 2.40. The number of nitrogen functional groups attached to an aromatic ring is 1. The van der Waals surface area contributed by atoms with Crippen molar-refractivity contribution < 1.29 is 28.9 Å². The van der Waals surface area contributed by atoms with Gasteiger partial charge in [0.2, 0.25) is 0 Å². The normalized spacial score (nSPS) is 21.3. The fourth-order valence-electron chi connectivity index (χ4n) is 4.66. The van der Waals surface area contributed by atoms with E-state index >= 15 is 0 Å². The van der Waals surface area contributed by atoms with Gasteiger partial charge in [-0.05, 0) is 18.9 Å². The molecule has 1 aliphatic carbocycles. The van der Waals surface area contributed by atoms with Crippen LogP contribution in [-0.2, 0) is 38.6 Å². The van der Waals surface area contributed by atoms with Crippen molar-refractivity contribution in [1.29, 1.82) is 0 Å². The first-order valence-electron chi connectivity index (χ1n) is 10.9. The third kappa shape index (κ3) is 4.14. The van der Waals surface area contributed by atoms with Gasteiger partial charge in [0.05, 0.1) is 11.7 Å². The zero-order valence-electron chi connectivity index (χ0n) is 18.7. The van der Waals surface area contributed by atoms with Crippen LogP contribution in [0.5, 0.6) is 0 Å². The molecule has 182 valence electrons. The number of nitrogens with zero attached hydrogens (tertiary/aromatic N) is 4. The van der Waals surface area contributed by atoms with Crippen molar-refractivity contribution in [3.8, 4) is 0 Å². The standard InChI is InChI=1S/C22H22N6O5S2/c1-33-26-15(13-10-35-22(23)24-13)18(29)25-16-19(30)28-17(21(31)32)12(9-34-20(16)28)8-27-7-3-5-11-4-2-6-14(11)27/h3,5,7,10,16,20H,2,4,6,8-9H2,1H3,(H3-,23,24,25,29,31,32)/b26-15-/t16-,20?/m1/s1. The van der Waals surface area contributed by atoms with Gasteiger partial charge >= 0.3 is 0 Å². The molecule has 35 heavy (non-hydrogen) atoms. The largest absolute Gasteiger partial charge is 0.543 e. The Hall–Kier alpha value is -3.45. The van der Waals surface area contributed by atoms with Crippen molar-refractivity contribution in [2.24, 2.45) is 5.16 Å². The maximum atomic E-state index is 13.0. The van der Waals surface area contributed by atoms with E-state index in [1.165, 1.54) is 35.0 Å². The second-order valence-corrected chi connectivity index (χ2v) is 10.3. The van der Waals surface area contributed by atoms with Crippen molar-refractivity contribution in [2.45, 2.75) is 37.2 Å². The highest BCUT2D eigenvalue weighted by Gasteiger charge is 2.53. The maximum Gasteiger partial charge on any atom is 0.276 e. The van der Waals surface area contributed by atoms with Gasteiger partial charge in [0.15, 0.2) is 29.3 Å². The van der Waals surface area contributed by atoms with Crippen LogP contribution in [0.4, 0.5) is 5.13 Å². The third-order valence-corrected chi connectivity index (χ3v) is 8.20. The van der Waals surface area contributed by atoms with E-state index < -0.39 is 29.2 Å². The molecular weight excluding hydrogens is 492 g/mol. The van der Waals surface area contributed by atoms with Crippen LogP contribution in [0.2, 0.25) is 0 Å². The summed E-state index contributed by atoms with van der Waals surface area (Å²) in [7, 11) is 1.29. The molecule has 0 aromatic carbocycles. The predicted octanol–water partition coefficient (Wildman–Crippen LogP) is -1.04. The number of hydrogen-bond donors (Lipinski definition) is 2. The number of aliphatic carboxylic acids is 1. The number of amides is 2. The lowest BCUT2D eigenvalue weighted by molar-refractivity contribution is -0.696. The highest BCUT2D eigenvalue weighted by atomic mass is 32.2. The topological polar surface area (TPSA) is 154 Å². The molecule has 0 radical (unpaired) electrons. The minimum atomic E-state index is -1.41. The zero-order chi connectivity index (χ0) is 24.7. The van der Waals surface area contributed by atoms with Crippen LogP contribution in [0.3, 0.4) is 0 Å². The number of pyridine rings is 1. The average molecular weight is 515 g/mol. The Morgan fingerprint density at radius 1 is 1.43 bits per heavy atom. The van der Waals surface area contributed by atoms with E-state index in [0.717, 1.165) is 30.6 Å². The molecule has 2 atom stereocenters. The second-order valence-electron chi connectivity index (χ2n) is 8.26. The number of aryl methyl sites for hydroxylation is 1. The minimum Gasteiger partial charge on any atom is -0.543 e. The lowest BCUT2D eigenvalue weighted by Crippen LogP contribution is -2.71.